The molecule has 3 nitrogen and oxygen atoms in total. The van der Waals surface area contributed by atoms with Crippen LogP contribution in [-0.4, -0.2) is 22.6 Å². The van der Waals surface area contributed by atoms with E-state index in [4.69, 9.17) is 0 Å². The molecule has 4 heteroatoms. The number of nitrogens with zero attached hydrogens (tertiary/aromatic N) is 2. The summed E-state index contributed by atoms with van der Waals surface area (Å²) in [5.41, 5.74) is 1.83. The van der Waals surface area contributed by atoms with Gasteiger partial charge in [0.05, 0.1) is 11.0 Å². The maximum atomic E-state index is 13.3. The monoisotopic (exact) mass is 275 g/mol. The Labute approximate surface area is 119 Å². The van der Waals surface area contributed by atoms with Crippen molar-refractivity contribution in [3.8, 4) is 0 Å². The minimum atomic E-state index is -0.205. The Kier molecular flexibility index (Phi) is 4.01. The van der Waals surface area contributed by atoms with Crippen LogP contribution in [0.25, 0.3) is 11.0 Å². The largest absolute Gasteiger partial charge is 0.328 e. The number of fused-ring (bicyclic) bond motifs is 1. The van der Waals surface area contributed by atoms with Gasteiger partial charge in [0.1, 0.15) is 11.6 Å². The minimum absolute atomic E-state index is 0.205. The smallest absolute Gasteiger partial charge is 0.125 e. The molecular weight excluding hydrogens is 253 g/mol. The zero-order valence-electron chi connectivity index (χ0n) is 12.0. The van der Waals surface area contributed by atoms with E-state index in [1.165, 1.54) is 31.4 Å². The van der Waals surface area contributed by atoms with E-state index >= 15 is 0 Å². The average Bonchev–Trinajstić information content (AvgIpc) is 2.82. The van der Waals surface area contributed by atoms with Crippen LogP contribution < -0.4 is 5.32 Å². The highest BCUT2D eigenvalue weighted by Crippen LogP contribution is 2.22. The van der Waals surface area contributed by atoms with Gasteiger partial charge in [-0.1, -0.05) is 0 Å². The summed E-state index contributed by atoms with van der Waals surface area (Å²) in [6, 6.07) is 4.90. The van der Waals surface area contributed by atoms with Crippen molar-refractivity contribution in [3.63, 3.8) is 0 Å². The standard InChI is InChI=1S/C16H22FN3/c1-2-20-15-5-4-13(17)11-14(15)19-16(20)6-3-12-7-9-18-10-8-12/h4-5,11-12,18H,2-3,6-10H2,1H3. The number of aryl methyl sites for hydroxylation is 2. The number of rotatable bonds is 4. The molecule has 0 spiro atoms. The Balaban J connectivity index is 1.79. The third kappa shape index (κ3) is 2.70. The molecule has 0 atom stereocenters. The van der Waals surface area contributed by atoms with Gasteiger partial charge in [0.25, 0.3) is 0 Å². The molecule has 3 rings (SSSR count). The van der Waals surface area contributed by atoms with Crippen molar-refractivity contribution in [2.75, 3.05) is 13.1 Å². The first-order valence-corrected chi connectivity index (χ1v) is 7.63. The zero-order chi connectivity index (χ0) is 13.9. The molecule has 0 bridgehead atoms. The molecule has 108 valence electrons. The van der Waals surface area contributed by atoms with Crippen LogP contribution in [0.15, 0.2) is 18.2 Å². The second-order valence-electron chi connectivity index (χ2n) is 5.64. The van der Waals surface area contributed by atoms with E-state index in [0.29, 0.717) is 0 Å². The second kappa shape index (κ2) is 5.92. The molecule has 1 aromatic carbocycles. The van der Waals surface area contributed by atoms with Crippen LogP contribution >= 0.6 is 0 Å². The van der Waals surface area contributed by atoms with Gasteiger partial charge < -0.3 is 9.88 Å². The molecule has 1 aliphatic rings. The summed E-state index contributed by atoms with van der Waals surface area (Å²) < 4.78 is 15.5. The predicted molar refractivity (Wildman–Crippen MR) is 79.3 cm³/mol. The summed E-state index contributed by atoms with van der Waals surface area (Å²) in [6.07, 6.45) is 4.71. The van der Waals surface area contributed by atoms with Crippen molar-refractivity contribution in [2.24, 2.45) is 5.92 Å². The molecule has 1 aliphatic heterocycles. The Morgan fingerprint density at radius 3 is 2.90 bits per heavy atom. The first kappa shape index (κ1) is 13.6. The van der Waals surface area contributed by atoms with Gasteiger partial charge in [-0.2, -0.15) is 0 Å². The first-order valence-electron chi connectivity index (χ1n) is 7.63. The molecular formula is C16H22FN3. The summed E-state index contributed by atoms with van der Waals surface area (Å²) in [6.45, 7) is 5.29. The zero-order valence-corrected chi connectivity index (χ0v) is 12.0. The van der Waals surface area contributed by atoms with Crippen molar-refractivity contribution < 1.29 is 4.39 Å². The highest BCUT2D eigenvalue weighted by Gasteiger charge is 2.15. The van der Waals surface area contributed by atoms with Crippen molar-refractivity contribution in [2.45, 2.75) is 39.2 Å². The van der Waals surface area contributed by atoms with E-state index < -0.39 is 0 Å². The summed E-state index contributed by atoms with van der Waals surface area (Å²) in [5, 5.41) is 3.40. The number of hydrogen-bond donors (Lipinski definition) is 1. The predicted octanol–water partition coefficient (Wildman–Crippen LogP) is 3.13. The average molecular weight is 275 g/mol. The fourth-order valence-corrected chi connectivity index (χ4v) is 3.20. The fourth-order valence-electron chi connectivity index (χ4n) is 3.20. The van der Waals surface area contributed by atoms with Crippen molar-refractivity contribution >= 4 is 11.0 Å². The Morgan fingerprint density at radius 2 is 2.15 bits per heavy atom. The molecule has 20 heavy (non-hydrogen) atoms. The maximum Gasteiger partial charge on any atom is 0.125 e. The van der Waals surface area contributed by atoms with Gasteiger partial charge in [-0.3, -0.25) is 0 Å². The third-order valence-electron chi connectivity index (χ3n) is 4.34. The minimum Gasteiger partial charge on any atom is -0.328 e. The first-order chi connectivity index (χ1) is 9.78. The molecule has 2 aromatic rings. The van der Waals surface area contributed by atoms with Crippen molar-refractivity contribution in [3.05, 3.63) is 29.8 Å². The van der Waals surface area contributed by atoms with E-state index in [1.54, 1.807) is 0 Å². The molecule has 2 heterocycles. The highest BCUT2D eigenvalue weighted by molar-refractivity contribution is 5.76. The number of imidazole rings is 1. The lowest BCUT2D eigenvalue weighted by Crippen LogP contribution is -2.28. The fraction of sp³-hybridized carbons (Fsp3) is 0.562. The number of piperidine rings is 1. The van der Waals surface area contributed by atoms with Gasteiger partial charge in [0, 0.05) is 19.0 Å². The molecule has 1 saturated heterocycles. The van der Waals surface area contributed by atoms with E-state index in [9.17, 15) is 4.39 Å². The molecule has 0 unspecified atom stereocenters. The van der Waals surface area contributed by atoms with Gasteiger partial charge in [0.15, 0.2) is 0 Å². The van der Waals surface area contributed by atoms with E-state index in [2.05, 4.69) is 21.8 Å². The SMILES string of the molecule is CCn1c(CCC2CCNCC2)nc2cc(F)ccc21. The topological polar surface area (TPSA) is 29.9 Å². The van der Waals surface area contributed by atoms with Gasteiger partial charge >= 0.3 is 0 Å². The van der Waals surface area contributed by atoms with Crippen molar-refractivity contribution in [1.29, 1.82) is 0 Å². The van der Waals surface area contributed by atoms with Crippen LogP contribution in [0, 0.1) is 11.7 Å². The van der Waals surface area contributed by atoms with Gasteiger partial charge in [-0.15, -0.1) is 0 Å². The number of aromatic nitrogens is 2. The third-order valence-corrected chi connectivity index (χ3v) is 4.34. The van der Waals surface area contributed by atoms with Crippen LogP contribution in [0.1, 0.15) is 32.0 Å². The number of nitrogens with one attached hydrogen (secondary N) is 1. The Bertz CT molecular complexity index is 585. The van der Waals surface area contributed by atoms with E-state index in [1.807, 2.05) is 6.07 Å². The number of halogens is 1. The van der Waals surface area contributed by atoms with Crippen LogP contribution in [0.3, 0.4) is 0 Å². The van der Waals surface area contributed by atoms with E-state index in [0.717, 1.165) is 48.8 Å². The second-order valence-corrected chi connectivity index (χ2v) is 5.64. The molecule has 1 aromatic heterocycles. The lowest BCUT2D eigenvalue weighted by molar-refractivity contribution is 0.351. The summed E-state index contributed by atoms with van der Waals surface area (Å²) in [7, 11) is 0. The highest BCUT2D eigenvalue weighted by atomic mass is 19.1. The maximum absolute atomic E-state index is 13.3. The van der Waals surface area contributed by atoms with Crippen LogP contribution in [-0.2, 0) is 13.0 Å². The summed E-state index contributed by atoms with van der Waals surface area (Å²) >= 11 is 0. The van der Waals surface area contributed by atoms with Gasteiger partial charge in [-0.05, 0) is 57.3 Å². The summed E-state index contributed by atoms with van der Waals surface area (Å²) in [5.74, 6) is 1.70. The molecule has 0 saturated carbocycles. The van der Waals surface area contributed by atoms with E-state index in [-0.39, 0.29) is 5.82 Å². The van der Waals surface area contributed by atoms with Crippen LogP contribution in [0.4, 0.5) is 4.39 Å². The number of hydrogen-bond acceptors (Lipinski definition) is 2. The molecule has 1 N–H and O–H groups in total. The number of benzene rings is 1. The Hall–Kier alpha value is -1.42. The molecule has 0 amide bonds. The van der Waals surface area contributed by atoms with Crippen LogP contribution in [0.5, 0.6) is 0 Å². The molecule has 1 fully saturated rings. The van der Waals surface area contributed by atoms with Crippen LogP contribution in [0.2, 0.25) is 0 Å². The Morgan fingerprint density at radius 1 is 1.35 bits per heavy atom. The molecule has 0 radical (unpaired) electrons. The lowest BCUT2D eigenvalue weighted by atomic mass is 9.93. The lowest BCUT2D eigenvalue weighted by Gasteiger charge is -2.22. The van der Waals surface area contributed by atoms with Gasteiger partial charge in [0.2, 0.25) is 0 Å². The van der Waals surface area contributed by atoms with Gasteiger partial charge in [-0.25, -0.2) is 9.37 Å². The quantitative estimate of drug-likeness (QED) is 0.929. The molecule has 0 aliphatic carbocycles. The van der Waals surface area contributed by atoms with Crippen molar-refractivity contribution in [1.82, 2.24) is 14.9 Å². The normalized spacial score (nSPS) is 16.9. The summed E-state index contributed by atoms with van der Waals surface area (Å²) in [4.78, 5) is 4.64.